The molecule has 2 aromatic carbocycles. The fraction of sp³-hybridized carbons (Fsp3) is 0.435. The molecule has 1 atom stereocenters. The second-order valence-corrected chi connectivity index (χ2v) is 7.47. The topological polar surface area (TPSA) is 93.9 Å². The number of nitro benzene ring substituents is 1. The number of nitrogens with one attached hydrogen (secondary N) is 1. The van der Waals surface area contributed by atoms with Crippen molar-refractivity contribution in [3.63, 3.8) is 0 Å². The Labute approximate surface area is 182 Å². The molecule has 0 aromatic heterocycles. The maximum atomic E-state index is 12.9. The van der Waals surface area contributed by atoms with Crippen LogP contribution < -0.4 is 14.8 Å². The Morgan fingerprint density at radius 3 is 2.61 bits per heavy atom. The predicted octanol–water partition coefficient (Wildman–Crippen LogP) is 3.57. The van der Waals surface area contributed by atoms with E-state index >= 15 is 0 Å². The Hall–Kier alpha value is -3.13. The molecule has 0 radical (unpaired) electrons. The lowest BCUT2D eigenvalue weighted by atomic mass is 9.98. The molecule has 0 saturated heterocycles. The fourth-order valence-corrected chi connectivity index (χ4v) is 3.98. The summed E-state index contributed by atoms with van der Waals surface area (Å²) < 4.78 is 10.7. The smallest absolute Gasteiger partial charge is 0.286 e. The zero-order valence-corrected chi connectivity index (χ0v) is 18.2. The maximum Gasteiger partial charge on any atom is 0.286 e. The number of carbonyl (C=O) groups is 1. The Morgan fingerprint density at radius 1 is 1.23 bits per heavy atom. The molecule has 1 aliphatic rings. The first-order chi connectivity index (χ1) is 15.0. The van der Waals surface area contributed by atoms with Crippen LogP contribution in [0.1, 0.15) is 41.8 Å². The van der Waals surface area contributed by atoms with Crippen LogP contribution in [0.15, 0.2) is 36.4 Å². The molecule has 1 aliphatic heterocycles. The highest BCUT2D eigenvalue weighted by atomic mass is 16.6. The summed E-state index contributed by atoms with van der Waals surface area (Å²) in [6.07, 6.45) is 1.83. The van der Waals surface area contributed by atoms with Crippen LogP contribution in [0.3, 0.4) is 0 Å². The van der Waals surface area contributed by atoms with Crippen LogP contribution >= 0.6 is 0 Å². The van der Waals surface area contributed by atoms with Crippen molar-refractivity contribution < 1.29 is 19.2 Å². The average Bonchev–Trinajstić information content (AvgIpc) is 2.79. The van der Waals surface area contributed by atoms with Gasteiger partial charge in [-0.25, -0.2) is 0 Å². The monoisotopic (exact) mass is 427 g/mol. The van der Waals surface area contributed by atoms with Gasteiger partial charge in [-0.2, -0.15) is 0 Å². The average molecular weight is 428 g/mol. The van der Waals surface area contributed by atoms with Gasteiger partial charge in [-0.1, -0.05) is 31.2 Å². The third-order valence-electron chi connectivity index (χ3n) is 5.67. The molecule has 31 heavy (non-hydrogen) atoms. The van der Waals surface area contributed by atoms with Crippen LogP contribution in [0, 0.1) is 10.1 Å². The zero-order chi connectivity index (χ0) is 22.4. The van der Waals surface area contributed by atoms with Gasteiger partial charge in [0.2, 0.25) is 0 Å². The summed E-state index contributed by atoms with van der Waals surface area (Å²) in [4.78, 5) is 26.2. The zero-order valence-electron chi connectivity index (χ0n) is 18.2. The largest absolute Gasteiger partial charge is 0.493 e. The molecule has 166 valence electrons. The van der Waals surface area contributed by atoms with Crippen molar-refractivity contribution in [2.45, 2.75) is 39.3 Å². The summed E-state index contributed by atoms with van der Waals surface area (Å²) in [6.45, 7) is 6.39. The normalized spacial score (nSPS) is 14.4. The van der Waals surface area contributed by atoms with E-state index in [2.05, 4.69) is 35.3 Å². The molecule has 2 aromatic rings. The minimum Gasteiger partial charge on any atom is -0.493 e. The molecule has 8 heteroatoms. The van der Waals surface area contributed by atoms with E-state index in [-0.39, 0.29) is 23.0 Å². The summed E-state index contributed by atoms with van der Waals surface area (Å²) in [5.41, 5.74) is 2.34. The van der Waals surface area contributed by atoms with Gasteiger partial charge in [-0.15, -0.1) is 0 Å². The first-order valence-corrected chi connectivity index (χ1v) is 10.6. The van der Waals surface area contributed by atoms with Crippen molar-refractivity contribution in [2.75, 3.05) is 26.8 Å². The summed E-state index contributed by atoms with van der Waals surface area (Å²) in [6, 6.07) is 11.2. The number of hydrogen-bond donors (Lipinski definition) is 1. The minimum absolute atomic E-state index is 0.0342. The molecule has 0 spiro atoms. The van der Waals surface area contributed by atoms with Crippen molar-refractivity contribution in [3.8, 4) is 11.5 Å². The van der Waals surface area contributed by atoms with E-state index < -0.39 is 10.8 Å². The van der Waals surface area contributed by atoms with Crippen LogP contribution in [-0.4, -0.2) is 48.6 Å². The number of hydrogen-bond acceptors (Lipinski definition) is 6. The van der Waals surface area contributed by atoms with Crippen LogP contribution in [-0.2, 0) is 13.0 Å². The second kappa shape index (κ2) is 10.3. The molecule has 0 saturated carbocycles. The Balaban J connectivity index is 1.74. The number of fused-ring (bicyclic) bond motifs is 1. The second-order valence-electron chi connectivity index (χ2n) is 7.47. The van der Waals surface area contributed by atoms with Crippen molar-refractivity contribution in [1.29, 1.82) is 0 Å². The fourth-order valence-electron chi connectivity index (χ4n) is 3.98. The Kier molecular flexibility index (Phi) is 7.46. The number of ether oxygens (including phenoxy) is 2. The van der Waals surface area contributed by atoms with Gasteiger partial charge in [0, 0.05) is 31.7 Å². The van der Waals surface area contributed by atoms with E-state index in [1.807, 2.05) is 6.07 Å². The SMILES string of the molecule is CCOc1cc(C(=O)NCC(CC)N2CCc3ccccc3C2)c([N+](=O)[O-])cc1OC. The molecule has 1 heterocycles. The van der Waals surface area contributed by atoms with Crippen LogP contribution in [0.4, 0.5) is 5.69 Å². The number of nitro groups is 1. The van der Waals surface area contributed by atoms with Gasteiger partial charge in [-0.3, -0.25) is 19.8 Å². The molecule has 8 nitrogen and oxygen atoms in total. The van der Waals surface area contributed by atoms with Crippen molar-refractivity contribution in [1.82, 2.24) is 10.2 Å². The first-order valence-electron chi connectivity index (χ1n) is 10.6. The lowest BCUT2D eigenvalue weighted by Crippen LogP contribution is -2.45. The number of benzene rings is 2. The highest BCUT2D eigenvalue weighted by Crippen LogP contribution is 2.34. The Morgan fingerprint density at radius 2 is 1.97 bits per heavy atom. The first kappa shape index (κ1) is 22.6. The summed E-state index contributed by atoms with van der Waals surface area (Å²) >= 11 is 0. The Bertz CT molecular complexity index is 947. The molecule has 0 bridgehead atoms. The quantitative estimate of drug-likeness (QED) is 0.486. The van der Waals surface area contributed by atoms with Crippen LogP contribution in [0.2, 0.25) is 0 Å². The summed E-state index contributed by atoms with van der Waals surface area (Å²) in [5, 5.41) is 14.4. The highest BCUT2D eigenvalue weighted by molar-refractivity contribution is 5.99. The van der Waals surface area contributed by atoms with Gasteiger partial charge >= 0.3 is 0 Å². The van der Waals surface area contributed by atoms with Crippen molar-refractivity contribution in [3.05, 3.63) is 63.2 Å². The van der Waals surface area contributed by atoms with Crippen molar-refractivity contribution >= 4 is 11.6 Å². The van der Waals surface area contributed by atoms with Crippen molar-refractivity contribution in [2.24, 2.45) is 0 Å². The third-order valence-corrected chi connectivity index (χ3v) is 5.67. The van der Waals surface area contributed by atoms with E-state index in [0.29, 0.717) is 18.9 Å². The third kappa shape index (κ3) is 5.14. The summed E-state index contributed by atoms with van der Waals surface area (Å²) in [7, 11) is 1.41. The van der Waals surface area contributed by atoms with Crippen LogP contribution in [0.5, 0.6) is 11.5 Å². The minimum atomic E-state index is -0.577. The van der Waals surface area contributed by atoms with Gasteiger partial charge in [0.05, 0.1) is 24.7 Å². The van der Waals surface area contributed by atoms with E-state index in [9.17, 15) is 14.9 Å². The molecular weight excluding hydrogens is 398 g/mol. The molecule has 0 fully saturated rings. The lowest BCUT2D eigenvalue weighted by molar-refractivity contribution is -0.385. The molecule has 0 aliphatic carbocycles. The standard InChI is InChI=1S/C23H29N3O5/c1-4-18(25-11-10-16-8-6-7-9-17(16)15-25)14-24-23(27)19-12-22(31-5-2)21(30-3)13-20(19)26(28)29/h6-9,12-13,18H,4-5,10-11,14-15H2,1-3H3,(H,24,27). The lowest BCUT2D eigenvalue weighted by Gasteiger charge is -2.35. The predicted molar refractivity (Wildman–Crippen MR) is 118 cm³/mol. The summed E-state index contributed by atoms with van der Waals surface area (Å²) in [5.74, 6) is 0.0371. The van der Waals surface area contributed by atoms with E-state index in [1.165, 1.54) is 30.4 Å². The number of carbonyl (C=O) groups excluding carboxylic acids is 1. The van der Waals surface area contributed by atoms with Gasteiger partial charge in [0.1, 0.15) is 5.56 Å². The molecule has 3 rings (SSSR count). The van der Waals surface area contributed by atoms with Crippen LogP contribution in [0.25, 0.3) is 0 Å². The molecular formula is C23H29N3O5. The molecule has 1 N–H and O–H groups in total. The maximum absolute atomic E-state index is 12.9. The number of nitrogens with zero attached hydrogens (tertiary/aromatic N) is 2. The molecule has 1 unspecified atom stereocenters. The van der Waals surface area contributed by atoms with Gasteiger partial charge in [-0.05, 0) is 30.9 Å². The van der Waals surface area contributed by atoms with Gasteiger partial charge < -0.3 is 14.8 Å². The van der Waals surface area contributed by atoms with E-state index in [4.69, 9.17) is 9.47 Å². The van der Waals surface area contributed by atoms with E-state index in [1.54, 1.807) is 6.92 Å². The highest BCUT2D eigenvalue weighted by Gasteiger charge is 2.27. The number of methoxy groups -OCH3 is 1. The molecule has 1 amide bonds. The van der Waals surface area contributed by atoms with E-state index in [0.717, 1.165) is 25.9 Å². The van der Waals surface area contributed by atoms with Gasteiger partial charge in [0.15, 0.2) is 11.5 Å². The number of amides is 1. The number of rotatable bonds is 9. The van der Waals surface area contributed by atoms with Gasteiger partial charge in [0.25, 0.3) is 11.6 Å².